The van der Waals surface area contributed by atoms with Crippen molar-refractivity contribution in [3.05, 3.63) is 0 Å². The van der Waals surface area contributed by atoms with E-state index in [0.717, 1.165) is 12.8 Å². The van der Waals surface area contributed by atoms with Gasteiger partial charge in [-0.2, -0.15) is 0 Å². The Morgan fingerprint density at radius 1 is 1.16 bits per heavy atom. The van der Waals surface area contributed by atoms with Gasteiger partial charge in [0.1, 0.15) is 11.6 Å². The molecule has 0 saturated heterocycles. The van der Waals surface area contributed by atoms with Gasteiger partial charge in [0, 0.05) is 0 Å². The van der Waals surface area contributed by atoms with E-state index in [9.17, 15) is 9.59 Å². The van der Waals surface area contributed by atoms with Crippen LogP contribution in [-0.4, -0.2) is 30.8 Å². The van der Waals surface area contributed by atoms with E-state index in [2.05, 4.69) is 19.2 Å². The maximum absolute atomic E-state index is 11.6. The van der Waals surface area contributed by atoms with E-state index >= 15 is 0 Å². The highest BCUT2D eigenvalue weighted by Gasteiger charge is 2.24. The minimum atomic E-state index is -0.640. The number of methoxy groups -OCH3 is 1. The highest BCUT2D eigenvalue weighted by atomic mass is 16.6. The number of hydrogen-bond acceptors (Lipinski definition) is 4. The fourth-order valence-corrected chi connectivity index (χ4v) is 1.57. The summed E-state index contributed by atoms with van der Waals surface area (Å²) in [5.41, 5.74) is -0.581. The summed E-state index contributed by atoms with van der Waals surface area (Å²) < 4.78 is 9.82. The molecule has 19 heavy (non-hydrogen) atoms. The molecule has 0 aliphatic rings. The van der Waals surface area contributed by atoms with Crippen molar-refractivity contribution >= 4 is 12.1 Å². The number of carbonyl (C=O) groups is 2. The van der Waals surface area contributed by atoms with E-state index in [1.54, 1.807) is 20.8 Å². The Labute approximate surface area is 116 Å². The van der Waals surface area contributed by atoms with Gasteiger partial charge < -0.3 is 14.8 Å². The number of hydrogen-bond donors (Lipinski definition) is 1. The molecule has 1 amide bonds. The first kappa shape index (κ1) is 17.7. The Balaban J connectivity index is 4.35. The molecule has 1 N–H and O–H groups in total. The van der Waals surface area contributed by atoms with Crippen molar-refractivity contribution in [3.8, 4) is 0 Å². The zero-order chi connectivity index (χ0) is 15.1. The molecule has 0 unspecified atom stereocenters. The molecule has 5 nitrogen and oxygen atoms in total. The summed E-state index contributed by atoms with van der Waals surface area (Å²) in [5, 5.41) is 2.56. The van der Waals surface area contributed by atoms with Crippen molar-refractivity contribution in [1.82, 2.24) is 5.32 Å². The van der Waals surface area contributed by atoms with Crippen LogP contribution in [0.2, 0.25) is 0 Å². The number of carbonyl (C=O) groups excluding carboxylic acids is 2. The van der Waals surface area contributed by atoms with Gasteiger partial charge in [-0.25, -0.2) is 9.59 Å². The number of rotatable bonds is 6. The average Bonchev–Trinajstić information content (AvgIpc) is 2.23. The van der Waals surface area contributed by atoms with Crippen LogP contribution in [0, 0.1) is 5.92 Å². The molecule has 112 valence electrons. The van der Waals surface area contributed by atoms with Gasteiger partial charge in [0.25, 0.3) is 0 Å². The van der Waals surface area contributed by atoms with Gasteiger partial charge in [-0.3, -0.25) is 0 Å². The topological polar surface area (TPSA) is 64.6 Å². The van der Waals surface area contributed by atoms with Gasteiger partial charge in [-0.1, -0.05) is 26.7 Å². The van der Waals surface area contributed by atoms with Gasteiger partial charge in [0.2, 0.25) is 0 Å². The van der Waals surface area contributed by atoms with Crippen LogP contribution in [0.5, 0.6) is 0 Å². The Kier molecular flexibility index (Phi) is 7.49. The lowest BCUT2D eigenvalue weighted by Gasteiger charge is -2.22. The summed E-state index contributed by atoms with van der Waals surface area (Å²) in [7, 11) is 1.31. The number of nitrogens with one attached hydrogen (secondary N) is 1. The molecule has 1 atom stereocenters. The molecule has 0 heterocycles. The minimum absolute atomic E-state index is 0.436. The lowest BCUT2D eigenvalue weighted by molar-refractivity contribution is -0.143. The third-order valence-corrected chi connectivity index (χ3v) is 2.45. The molecule has 0 rings (SSSR count). The third-order valence-electron chi connectivity index (χ3n) is 2.45. The molecule has 5 heteroatoms. The smallest absolute Gasteiger partial charge is 0.408 e. The van der Waals surface area contributed by atoms with Gasteiger partial charge in [-0.15, -0.1) is 0 Å². The van der Waals surface area contributed by atoms with Crippen molar-refractivity contribution in [2.75, 3.05) is 7.11 Å². The average molecular weight is 273 g/mol. The highest BCUT2D eigenvalue weighted by molar-refractivity contribution is 5.81. The van der Waals surface area contributed by atoms with E-state index in [1.165, 1.54) is 7.11 Å². The molecule has 0 fully saturated rings. The first-order chi connectivity index (χ1) is 8.65. The quantitative estimate of drug-likeness (QED) is 0.756. The maximum Gasteiger partial charge on any atom is 0.408 e. The summed E-state index contributed by atoms with van der Waals surface area (Å²) >= 11 is 0. The Morgan fingerprint density at radius 2 is 1.74 bits per heavy atom. The first-order valence-corrected chi connectivity index (χ1v) is 6.73. The normalized spacial score (nSPS) is 13.0. The van der Waals surface area contributed by atoms with Gasteiger partial charge in [-0.05, 0) is 33.1 Å². The number of ether oxygens (including phenoxy) is 2. The SMILES string of the molecule is COC(=O)[C@H](CCCC(C)C)NC(=O)OC(C)(C)C. The second kappa shape index (κ2) is 8.02. The summed E-state index contributed by atoms with van der Waals surface area (Å²) in [6.45, 7) is 9.57. The van der Waals surface area contributed by atoms with E-state index < -0.39 is 23.7 Å². The van der Waals surface area contributed by atoms with Crippen molar-refractivity contribution in [3.63, 3.8) is 0 Å². The van der Waals surface area contributed by atoms with Crippen molar-refractivity contribution in [2.24, 2.45) is 5.92 Å². The van der Waals surface area contributed by atoms with Crippen LogP contribution < -0.4 is 5.32 Å². The van der Waals surface area contributed by atoms with Crippen molar-refractivity contribution in [1.29, 1.82) is 0 Å². The lowest BCUT2D eigenvalue weighted by atomic mass is 10.0. The van der Waals surface area contributed by atoms with E-state index in [-0.39, 0.29) is 0 Å². The molecule has 0 aliphatic carbocycles. The lowest BCUT2D eigenvalue weighted by Crippen LogP contribution is -2.44. The summed E-state index contributed by atoms with van der Waals surface area (Å²) in [4.78, 5) is 23.2. The second-order valence-corrected chi connectivity index (χ2v) is 6.05. The van der Waals surface area contributed by atoms with Crippen LogP contribution in [-0.2, 0) is 14.3 Å². The standard InChI is InChI=1S/C14H27NO4/c1-10(2)8-7-9-11(12(16)18-6)15-13(17)19-14(3,4)5/h10-11H,7-9H2,1-6H3,(H,15,17)/t11-/m0/s1. The minimum Gasteiger partial charge on any atom is -0.467 e. The highest BCUT2D eigenvalue weighted by Crippen LogP contribution is 2.11. The zero-order valence-electron chi connectivity index (χ0n) is 12.9. The molecule has 0 aromatic carbocycles. The number of esters is 1. The first-order valence-electron chi connectivity index (χ1n) is 6.73. The molecular weight excluding hydrogens is 246 g/mol. The second-order valence-electron chi connectivity index (χ2n) is 6.05. The van der Waals surface area contributed by atoms with Crippen LogP contribution in [0.3, 0.4) is 0 Å². The predicted molar refractivity (Wildman–Crippen MR) is 73.9 cm³/mol. The molecule has 0 aliphatic heterocycles. The fraction of sp³-hybridized carbons (Fsp3) is 0.857. The van der Waals surface area contributed by atoms with Crippen LogP contribution in [0.1, 0.15) is 53.9 Å². The van der Waals surface area contributed by atoms with Gasteiger partial charge in [0.15, 0.2) is 0 Å². The van der Waals surface area contributed by atoms with E-state index in [1.807, 2.05) is 0 Å². The van der Waals surface area contributed by atoms with Crippen LogP contribution in [0.15, 0.2) is 0 Å². The van der Waals surface area contributed by atoms with Crippen LogP contribution in [0.25, 0.3) is 0 Å². The molecule has 0 bridgehead atoms. The van der Waals surface area contributed by atoms with E-state index in [0.29, 0.717) is 12.3 Å². The van der Waals surface area contributed by atoms with E-state index in [4.69, 9.17) is 9.47 Å². The number of alkyl carbamates (subject to hydrolysis) is 1. The van der Waals surface area contributed by atoms with Crippen LogP contribution >= 0.6 is 0 Å². The molecule has 0 spiro atoms. The Hall–Kier alpha value is -1.26. The molecule has 0 aromatic rings. The van der Waals surface area contributed by atoms with Crippen molar-refractivity contribution < 1.29 is 19.1 Å². The summed E-state index contributed by atoms with van der Waals surface area (Å²) in [6, 6.07) is -0.640. The molecular formula is C14H27NO4. The van der Waals surface area contributed by atoms with Crippen LogP contribution in [0.4, 0.5) is 4.79 Å². The Bertz CT molecular complexity index is 294. The maximum atomic E-state index is 11.6. The van der Waals surface area contributed by atoms with Crippen molar-refractivity contribution in [2.45, 2.75) is 65.5 Å². The number of amides is 1. The third kappa shape index (κ3) is 9.33. The molecule has 0 radical (unpaired) electrons. The molecule has 0 saturated carbocycles. The van der Waals surface area contributed by atoms with Gasteiger partial charge >= 0.3 is 12.1 Å². The van der Waals surface area contributed by atoms with Gasteiger partial charge in [0.05, 0.1) is 7.11 Å². The fourth-order valence-electron chi connectivity index (χ4n) is 1.57. The summed E-state index contributed by atoms with van der Waals surface area (Å²) in [6.07, 6.45) is 1.83. The Morgan fingerprint density at radius 3 is 2.16 bits per heavy atom. The largest absolute Gasteiger partial charge is 0.467 e. The predicted octanol–water partition coefficient (Wildman–Crippen LogP) is 2.88. The monoisotopic (exact) mass is 273 g/mol. The zero-order valence-corrected chi connectivity index (χ0v) is 12.9. The summed E-state index contributed by atoms with van der Waals surface area (Å²) in [5.74, 6) is 0.134. The molecule has 0 aromatic heterocycles.